The summed E-state index contributed by atoms with van der Waals surface area (Å²) < 4.78 is 10.7. The Labute approximate surface area is 144 Å². The Morgan fingerprint density at radius 1 is 1.04 bits per heavy atom. The molecule has 0 aliphatic carbocycles. The molecular formula is C19H17N3O3. The van der Waals surface area contributed by atoms with Crippen molar-refractivity contribution in [3.63, 3.8) is 0 Å². The molecule has 0 saturated carbocycles. The first kappa shape index (κ1) is 16.4. The molecule has 3 rings (SSSR count). The molecule has 3 aromatic rings. The van der Waals surface area contributed by atoms with Crippen molar-refractivity contribution in [1.82, 2.24) is 15.0 Å². The van der Waals surface area contributed by atoms with Gasteiger partial charge in [-0.15, -0.1) is 0 Å². The fraction of sp³-hybridized carbons (Fsp3) is 0.105. The number of nitrogens with one attached hydrogen (secondary N) is 1. The van der Waals surface area contributed by atoms with Crippen LogP contribution in [0.4, 0.5) is 0 Å². The maximum Gasteiger partial charge on any atom is 0.293 e. The first-order valence-electron chi connectivity index (χ1n) is 7.69. The number of rotatable bonds is 6. The maximum atomic E-state index is 11.7. The summed E-state index contributed by atoms with van der Waals surface area (Å²) in [5, 5.41) is 0. The summed E-state index contributed by atoms with van der Waals surface area (Å²) in [6.07, 6.45) is 6.67. The van der Waals surface area contributed by atoms with Crippen molar-refractivity contribution >= 4 is 12.2 Å². The smallest absolute Gasteiger partial charge is 0.293 e. The van der Waals surface area contributed by atoms with E-state index >= 15 is 0 Å². The fourth-order valence-electron chi connectivity index (χ4n) is 2.18. The zero-order chi connectivity index (χ0) is 17.5. The van der Waals surface area contributed by atoms with Crippen LogP contribution >= 0.6 is 0 Å². The standard InChI is InChI=1S/C19H17N3O3/c1-24-17-12-21-18(22-19(17)23)10-9-14-6-2-3-8-16(14)25-13-15-7-4-5-11-20-15/h2-12H,13H2,1H3,(H,21,22,23)/b10-9+. The lowest BCUT2D eigenvalue weighted by molar-refractivity contribution is 0.300. The zero-order valence-electron chi connectivity index (χ0n) is 13.7. The normalized spacial score (nSPS) is 10.8. The van der Waals surface area contributed by atoms with Gasteiger partial charge in [0.05, 0.1) is 19.0 Å². The molecule has 0 fully saturated rings. The van der Waals surface area contributed by atoms with E-state index in [-0.39, 0.29) is 11.3 Å². The summed E-state index contributed by atoms with van der Waals surface area (Å²) in [5.74, 6) is 1.34. The molecule has 0 spiro atoms. The van der Waals surface area contributed by atoms with Crippen molar-refractivity contribution in [2.24, 2.45) is 0 Å². The number of nitrogens with zero attached hydrogens (tertiary/aromatic N) is 2. The maximum absolute atomic E-state index is 11.7. The van der Waals surface area contributed by atoms with E-state index in [1.807, 2.05) is 48.5 Å². The fourth-order valence-corrected chi connectivity index (χ4v) is 2.18. The third kappa shape index (κ3) is 4.32. The van der Waals surface area contributed by atoms with Gasteiger partial charge in [0, 0.05) is 11.8 Å². The topological polar surface area (TPSA) is 77.1 Å². The Kier molecular flexibility index (Phi) is 5.21. The average molecular weight is 335 g/mol. The lowest BCUT2D eigenvalue weighted by atomic mass is 10.2. The van der Waals surface area contributed by atoms with Crippen LogP contribution < -0.4 is 15.0 Å². The molecule has 0 saturated heterocycles. The molecular weight excluding hydrogens is 318 g/mol. The third-order valence-electron chi connectivity index (χ3n) is 3.45. The van der Waals surface area contributed by atoms with E-state index in [0.717, 1.165) is 17.0 Å². The van der Waals surface area contributed by atoms with E-state index < -0.39 is 0 Å². The van der Waals surface area contributed by atoms with Gasteiger partial charge in [0.2, 0.25) is 5.75 Å². The number of aromatic nitrogens is 3. The second kappa shape index (κ2) is 7.92. The van der Waals surface area contributed by atoms with Gasteiger partial charge in [-0.3, -0.25) is 9.78 Å². The minimum absolute atomic E-state index is 0.177. The Balaban J connectivity index is 1.76. The molecule has 1 N–H and O–H groups in total. The molecule has 2 heterocycles. The van der Waals surface area contributed by atoms with Gasteiger partial charge in [0.1, 0.15) is 18.2 Å². The van der Waals surface area contributed by atoms with Crippen molar-refractivity contribution < 1.29 is 9.47 Å². The van der Waals surface area contributed by atoms with Gasteiger partial charge in [0.25, 0.3) is 5.56 Å². The number of aromatic amines is 1. The highest BCUT2D eigenvalue weighted by Gasteiger charge is 2.03. The van der Waals surface area contributed by atoms with Gasteiger partial charge in [-0.2, -0.15) is 0 Å². The minimum atomic E-state index is -0.322. The van der Waals surface area contributed by atoms with E-state index in [9.17, 15) is 4.79 Å². The molecule has 1 aromatic carbocycles. The van der Waals surface area contributed by atoms with E-state index in [2.05, 4.69) is 15.0 Å². The molecule has 126 valence electrons. The summed E-state index contributed by atoms with van der Waals surface area (Å²) in [6, 6.07) is 13.3. The number of ether oxygens (including phenoxy) is 2. The Morgan fingerprint density at radius 2 is 1.88 bits per heavy atom. The van der Waals surface area contributed by atoms with E-state index in [4.69, 9.17) is 9.47 Å². The number of H-pyrrole nitrogens is 1. The quantitative estimate of drug-likeness (QED) is 0.749. The van der Waals surface area contributed by atoms with Crippen LogP contribution in [0.15, 0.2) is 59.7 Å². The van der Waals surface area contributed by atoms with Crippen molar-refractivity contribution in [1.29, 1.82) is 0 Å². The number of benzene rings is 1. The average Bonchev–Trinajstić information content (AvgIpc) is 2.66. The first-order valence-corrected chi connectivity index (χ1v) is 7.69. The van der Waals surface area contributed by atoms with Crippen LogP contribution in [0.2, 0.25) is 0 Å². The van der Waals surface area contributed by atoms with Crippen molar-refractivity contribution in [2.45, 2.75) is 6.61 Å². The molecule has 0 unspecified atom stereocenters. The minimum Gasteiger partial charge on any atom is -0.490 e. The molecule has 0 amide bonds. The predicted octanol–water partition coefficient (Wildman–Crippen LogP) is 2.92. The number of methoxy groups -OCH3 is 1. The van der Waals surface area contributed by atoms with Crippen LogP contribution in [0.5, 0.6) is 11.5 Å². The Bertz CT molecular complexity index is 920. The van der Waals surface area contributed by atoms with Gasteiger partial charge < -0.3 is 14.5 Å². The predicted molar refractivity (Wildman–Crippen MR) is 95.3 cm³/mol. The van der Waals surface area contributed by atoms with Gasteiger partial charge in [0.15, 0.2) is 0 Å². The molecule has 6 heteroatoms. The zero-order valence-corrected chi connectivity index (χ0v) is 13.7. The second-order valence-corrected chi connectivity index (χ2v) is 5.15. The molecule has 6 nitrogen and oxygen atoms in total. The van der Waals surface area contributed by atoms with Crippen LogP contribution in [0, 0.1) is 0 Å². The molecule has 0 atom stereocenters. The van der Waals surface area contributed by atoms with Crippen LogP contribution in [-0.4, -0.2) is 22.1 Å². The lowest BCUT2D eigenvalue weighted by Crippen LogP contribution is -2.11. The van der Waals surface area contributed by atoms with Crippen molar-refractivity contribution in [3.05, 3.63) is 82.3 Å². The summed E-state index contributed by atoms with van der Waals surface area (Å²) in [4.78, 5) is 22.7. The van der Waals surface area contributed by atoms with Crippen molar-refractivity contribution in [2.75, 3.05) is 7.11 Å². The van der Waals surface area contributed by atoms with Gasteiger partial charge in [-0.05, 0) is 30.4 Å². The SMILES string of the molecule is COc1cnc(/C=C/c2ccccc2OCc2ccccn2)[nH]c1=O. The van der Waals surface area contributed by atoms with Crippen LogP contribution in [-0.2, 0) is 6.61 Å². The summed E-state index contributed by atoms with van der Waals surface area (Å²) in [6.45, 7) is 0.378. The summed E-state index contributed by atoms with van der Waals surface area (Å²) in [7, 11) is 1.43. The summed E-state index contributed by atoms with van der Waals surface area (Å²) in [5.41, 5.74) is 1.40. The van der Waals surface area contributed by atoms with Crippen LogP contribution in [0.1, 0.15) is 17.1 Å². The number of hydrogen-bond acceptors (Lipinski definition) is 5. The monoisotopic (exact) mass is 335 g/mol. The van der Waals surface area contributed by atoms with Crippen LogP contribution in [0.25, 0.3) is 12.2 Å². The van der Waals surface area contributed by atoms with E-state index in [0.29, 0.717) is 12.4 Å². The molecule has 25 heavy (non-hydrogen) atoms. The molecule has 0 radical (unpaired) electrons. The van der Waals surface area contributed by atoms with E-state index in [1.165, 1.54) is 13.3 Å². The molecule has 2 aromatic heterocycles. The molecule has 0 aliphatic heterocycles. The first-order chi connectivity index (χ1) is 12.3. The molecule has 0 bridgehead atoms. The molecule has 0 aliphatic rings. The van der Waals surface area contributed by atoms with Gasteiger partial charge in [-0.1, -0.05) is 24.3 Å². The highest BCUT2D eigenvalue weighted by atomic mass is 16.5. The number of para-hydroxylation sites is 1. The van der Waals surface area contributed by atoms with Gasteiger partial charge in [-0.25, -0.2) is 4.98 Å². The Morgan fingerprint density at radius 3 is 2.64 bits per heavy atom. The highest BCUT2D eigenvalue weighted by molar-refractivity contribution is 5.70. The number of pyridine rings is 1. The van der Waals surface area contributed by atoms with Gasteiger partial charge >= 0.3 is 0 Å². The second-order valence-electron chi connectivity index (χ2n) is 5.15. The largest absolute Gasteiger partial charge is 0.490 e. The summed E-state index contributed by atoms with van der Waals surface area (Å²) >= 11 is 0. The highest BCUT2D eigenvalue weighted by Crippen LogP contribution is 2.21. The van der Waals surface area contributed by atoms with Crippen LogP contribution in [0.3, 0.4) is 0 Å². The lowest BCUT2D eigenvalue weighted by Gasteiger charge is -2.08. The van der Waals surface area contributed by atoms with Crippen molar-refractivity contribution in [3.8, 4) is 11.5 Å². The number of hydrogen-bond donors (Lipinski definition) is 1. The van der Waals surface area contributed by atoms with E-state index in [1.54, 1.807) is 12.3 Å². The Hall–Kier alpha value is -3.41. The third-order valence-corrected chi connectivity index (χ3v) is 3.45.